The summed E-state index contributed by atoms with van der Waals surface area (Å²) in [7, 11) is 1.46. The Hall–Kier alpha value is -2.37. The first-order chi connectivity index (χ1) is 19.1. The van der Waals surface area contributed by atoms with E-state index in [2.05, 4.69) is 20.8 Å². The van der Waals surface area contributed by atoms with Gasteiger partial charge in [-0.1, -0.05) is 39.0 Å². The summed E-state index contributed by atoms with van der Waals surface area (Å²) >= 11 is 0. The minimum absolute atomic E-state index is 0.0270. The van der Waals surface area contributed by atoms with Crippen molar-refractivity contribution in [3.8, 4) is 0 Å². The van der Waals surface area contributed by atoms with E-state index in [4.69, 9.17) is 14.2 Å². The Morgan fingerprint density at radius 3 is 2.40 bits per heavy atom. The highest BCUT2D eigenvalue weighted by Gasteiger charge is 2.65. The molecule has 10 atom stereocenters. The highest BCUT2D eigenvalue weighted by molar-refractivity contribution is 5.89. The number of fused-ring (bicyclic) bond motifs is 5. The summed E-state index contributed by atoms with van der Waals surface area (Å²) in [6.45, 7) is 8.66. The van der Waals surface area contributed by atoms with Crippen LogP contribution in [0.4, 0.5) is 0 Å². The second-order valence-corrected chi connectivity index (χ2v) is 13.8. The third-order valence-corrected chi connectivity index (χ3v) is 12.1. The van der Waals surface area contributed by atoms with E-state index in [1.54, 1.807) is 0 Å². The van der Waals surface area contributed by atoms with E-state index in [0.717, 1.165) is 44.9 Å². The van der Waals surface area contributed by atoms with E-state index in [-0.39, 0.29) is 40.9 Å². The van der Waals surface area contributed by atoms with Gasteiger partial charge in [-0.2, -0.15) is 0 Å². The number of ether oxygens (including phenoxy) is 3. The van der Waals surface area contributed by atoms with Crippen LogP contribution in [-0.2, 0) is 23.8 Å². The van der Waals surface area contributed by atoms with Crippen molar-refractivity contribution in [1.29, 1.82) is 0 Å². The number of hydrogen-bond donors (Lipinski definition) is 0. The van der Waals surface area contributed by atoms with Gasteiger partial charge < -0.3 is 14.2 Å². The van der Waals surface area contributed by atoms with Gasteiger partial charge in [-0.3, -0.25) is 9.59 Å². The van der Waals surface area contributed by atoms with Crippen molar-refractivity contribution < 1.29 is 28.6 Å². The van der Waals surface area contributed by atoms with E-state index >= 15 is 0 Å². The number of benzene rings is 1. The fraction of sp³-hybridized carbons (Fsp3) is 0.735. The number of hydrogen-bond acceptors (Lipinski definition) is 6. The SMILES string of the molecule is COC(=O)CC[C@@H](C)[C@@H]1CC[C@@H]2[C@@H]3CC[C@H]4C[C@H](OC(C)=O)CC[C@]4(C)[C@@H]3C[C@@H](OC(=O)c3ccccc3)[C@]21C. The van der Waals surface area contributed by atoms with E-state index in [9.17, 15) is 14.4 Å². The standard InChI is InChI=1S/C34H48O6/c1-21(11-16-31(36)38-5)27-14-15-28-26-13-12-24-19-25(39-22(2)35)17-18-33(24,3)29(26)20-30(34(27,28)4)40-32(37)23-9-7-6-8-10-23/h6-10,21,24-30H,11-20H2,1-5H3/t21-,24+,25-,26+,27+,28-,29-,30-,33+,34+/m1/s1. The highest BCUT2D eigenvalue weighted by Crippen LogP contribution is 2.69. The molecule has 0 heterocycles. The predicted molar refractivity (Wildman–Crippen MR) is 152 cm³/mol. The van der Waals surface area contributed by atoms with Gasteiger partial charge >= 0.3 is 17.9 Å². The van der Waals surface area contributed by atoms with Gasteiger partial charge in [0.2, 0.25) is 0 Å². The first-order valence-corrected chi connectivity index (χ1v) is 15.6. The average molecular weight is 553 g/mol. The van der Waals surface area contributed by atoms with Crippen molar-refractivity contribution in [2.24, 2.45) is 46.3 Å². The molecule has 0 radical (unpaired) electrons. The Labute approximate surface area is 239 Å². The second kappa shape index (κ2) is 11.5. The number of esters is 3. The lowest BCUT2D eigenvalue weighted by atomic mass is 9.43. The summed E-state index contributed by atoms with van der Waals surface area (Å²) < 4.78 is 17.2. The molecule has 6 heteroatoms. The molecule has 0 unspecified atom stereocenters. The van der Waals surface area contributed by atoms with Gasteiger partial charge in [-0.25, -0.2) is 4.79 Å². The van der Waals surface area contributed by atoms with E-state index < -0.39 is 0 Å². The Kier molecular flexibility index (Phi) is 8.37. The Morgan fingerprint density at radius 1 is 0.950 bits per heavy atom. The molecule has 220 valence electrons. The van der Waals surface area contributed by atoms with Gasteiger partial charge in [0.25, 0.3) is 0 Å². The fourth-order valence-electron chi connectivity index (χ4n) is 10.1. The average Bonchev–Trinajstić information content (AvgIpc) is 3.30. The molecule has 4 aliphatic rings. The van der Waals surface area contributed by atoms with Crippen LogP contribution in [0.2, 0.25) is 0 Å². The fourth-order valence-corrected chi connectivity index (χ4v) is 10.1. The Balaban J connectivity index is 1.44. The number of carbonyl (C=O) groups excluding carboxylic acids is 3. The van der Waals surface area contributed by atoms with Crippen molar-refractivity contribution in [3.63, 3.8) is 0 Å². The van der Waals surface area contributed by atoms with Crippen molar-refractivity contribution in [2.45, 2.75) is 104 Å². The summed E-state index contributed by atoms with van der Waals surface area (Å²) in [5.74, 6) is 2.29. The minimum atomic E-state index is -0.229. The van der Waals surface area contributed by atoms with Gasteiger partial charge in [0.1, 0.15) is 12.2 Å². The van der Waals surface area contributed by atoms with E-state index in [1.165, 1.54) is 26.9 Å². The molecule has 1 aromatic rings. The molecule has 0 bridgehead atoms. The lowest BCUT2D eigenvalue weighted by Crippen LogP contribution is -2.59. The topological polar surface area (TPSA) is 78.9 Å². The van der Waals surface area contributed by atoms with Crippen molar-refractivity contribution >= 4 is 17.9 Å². The van der Waals surface area contributed by atoms with Gasteiger partial charge in [0.15, 0.2) is 0 Å². The second-order valence-electron chi connectivity index (χ2n) is 13.8. The normalized spacial score (nSPS) is 39.2. The molecule has 0 saturated heterocycles. The van der Waals surface area contributed by atoms with Crippen LogP contribution in [0.1, 0.15) is 102 Å². The van der Waals surface area contributed by atoms with Crippen LogP contribution in [0.25, 0.3) is 0 Å². The Morgan fingerprint density at radius 2 is 1.70 bits per heavy atom. The van der Waals surface area contributed by atoms with Gasteiger partial charge in [-0.15, -0.1) is 0 Å². The predicted octanol–water partition coefficient (Wildman–Crippen LogP) is 7.00. The van der Waals surface area contributed by atoms with Crippen LogP contribution in [0.3, 0.4) is 0 Å². The molecule has 6 nitrogen and oxygen atoms in total. The largest absolute Gasteiger partial charge is 0.469 e. The molecule has 5 rings (SSSR count). The zero-order chi connectivity index (χ0) is 28.7. The van der Waals surface area contributed by atoms with Crippen molar-refractivity contribution in [1.82, 2.24) is 0 Å². The van der Waals surface area contributed by atoms with Gasteiger partial charge in [0, 0.05) is 18.8 Å². The summed E-state index contributed by atoms with van der Waals surface area (Å²) in [6.07, 6.45) is 9.54. The van der Waals surface area contributed by atoms with Crippen molar-refractivity contribution in [3.05, 3.63) is 35.9 Å². The number of methoxy groups -OCH3 is 1. The third kappa shape index (κ3) is 5.20. The molecule has 0 aromatic heterocycles. The quantitative estimate of drug-likeness (QED) is 0.268. The minimum Gasteiger partial charge on any atom is -0.469 e. The van der Waals surface area contributed by atoms with Crippen LogP contribution in [0.15, 0.2) is 30.3 Å². The summed E-state index contributed by atoms with van der Waals surface area (Å²) in [6, 6.07) is 9.38. The molecule has 4 saturated carbocycles. The van der Waals surface area contributed by atoms with Crippen LogP contribution in [0, 0.1) is 46.3 Å². The summed E-state index contributed by atoms with van der Waals surface area (Å²) in [5, 5.41) is 0. The molecule has 4 aliphatic carbocycles. The first kappa shape index (κ1) is 29.1. The number of carbonyl (C=O) groups is 3. The zero-order valence-corrected chi connectivity index (χ0v) is 25.0. The molecule has 0 amide bonds. The summed E-state index contributed by atoms with van der Waals surface area (Å²) in [5.41, 5.74) is 0.638. The first-order valence-electron chi connectivity index (χ1n) is 15.6. The number of rotatable bonds is 7. The molecule has 1 aromatic carbocycles. The van der Waals surface area contributed by atoms with Crippen LogP contribution in [0.5, 0.6) is 0 Å². The van der Waals surface area contributed by atoms with Crippen LogP contribution < -0.4 is 0 Å². The van der Waals surface area contributed by atoms with Crippen LogP contribution in [-0.4, -0.2) is 37.2 Å². The van der Waals surface area contributed by atoms with E-state index in [0.29, 0.717) is 47.5 Å². The summed E-state index contributed by atoms with van der Waals surface area (Å²) in [4.78, 5) is 37.2. The highest BCUT2D eigenvalue weighted by atomic mass is 16.5. The van der Waals surface area contributed by atoms with Gasteiger partial charge in [0.05, 0.1) is 12.7 Å². The maximum Gasteiger partial charge on any atom is 0.338 e. The molecule has 4 fully saturated rings. The molecular weight excluding hydrogens is 504 g/mol. The lowest BCUT2D eigenvalue weighted by Gasteiger charge is -2.62. The lowest BCUT2D eigenvalue weighted by molar-refractivity contribution is -0.181. The smallest absolute Gasteiger partial charge is 0.338 e. The van der Waals surface area contributed by atoms with Crippen molar-refractivity contribution in [2.75, 3.05) is 7.11 Å². The van der Waals surface area contributed by atoms with Crippen LogP contribution >= 0.6 is 0 Å². The molecular formula is C34H48O6. The molecule has 0 N–H and O–H groups in total. The Bertz CT molecular complexity index is 1090. The molecule has 0 aliphatic heterocycles. The molecule has 40 heavy (non-hydrogen) atoms. The maximum atomic E-state index is 13.5. The molecule has 0 spiro atoms. The monoisotopic (exact) mass is 552 g/mol. The van der Waals surface area contributed by atoms with E-state index in [1.807, 2.05) is 30.3 Å². The van der Waals surface area contributed by atoms with Gasteiger partial charge in [-0.05, 0) is 111 Å². The zero-order valence-electron chi connectivity index (χ0n) is 25.0. The third-order valence-electron chi connectivity index (χ3n) is 12.1. The maximum absolute atomic E-state index is 13.5.